The molecule has 0 spiro atoms. The quantitative estimate of drug-likeness (QED) is 0.455. The molecular formula is C10H19N3O3. The second-order valence-corrected chi connectivity index (χ2v) is 3.93. The molecule has 0 aromatic rings. The van der Waals surface area contributed by atoms with Crippen molar-refractivity contribution in [1.82, 2.24) is 16.0 Å². The molecule has 0 aromatic carbocycles. The van der Waals surface area contributed by atoms with Crippen molar-refractivity contribution in [2.75, 3.05) is 19.6 Å². The first-order valence-corrected chi connectivity index (χ1v) is 5.59. The summed E-state index contributed by atoms with van der Waals surface area (Å²) in [6.45, 7) is 2.70. The standard InChI is InChI=1S/C10H19N3O3/c1-2-3-7(14)4-13-10(16)8-5-12-9(15)6-11-8/h7-8,11,14H,2-6H2,1H3,(H,12,15)(H,13,16). The van der Waals surface area contributed by atoms with Crippen molar-refractivity contribution in [3.05, 3.63) is 0 Å². The number of piperazine rings is 1. The molecule has 0 saturated carbocycles. The summed E-state index contributed by atoms with van der Waals surface area (Å²) >= 11 is 0. The van der Waals surface area contributed by atoms with Crippen molar-refractivity contribution in [1.29, 1.82) is 0 Å². The maximum atomic E-state index is 11.6. The Balaban J connectivity index is 2.22. The van der Waals surface area contributed by atoms with E-state index in [4.69, 9.17) is 0 Å². The summed E-state index contributed by atoms with van der Waals surface area (Å²) in [5, 5.41) is 17.5. The summed E-state index contributed by atoms with van der Waals surface area (Å²) in [6.07, 6.45) is 1.07. The van der Waals surface area contributed by atoms with Crippen molar-refractivity contribution >= 4 is 11.8 Å². The van der Waals surface area contributed by atoms with Crippen LogP contribution in [0.1, 0.15) is 19.8 Å². The fraction of sp³-hybridized carbons (Fsp3) is 0.800. The Morgan fingerprint density at radius 2 is 2.44 bits per heavy atom. The summed E-state index contributed by atoms with van der Waals surface area (Å²) in [5.74, 6) is -0.287. The Morgan fingerprint density at radius 1 is 1.69 bits per heavy atom. The van der Waals surface area contributed by atoms with Gasteiger partial charge in [-0.2, -0.15) is 0 Å². The number of hydrogen-bond donors (Lipinski definition) is 4. The Kier molecular flexibility index (Phi) is 5.21. The average Bonchev–Trinajstić information content (AvgIpc) is 2.27. The van der Waals surface area contributed by atoms with Crippen molar-refractivity contribution in [2.45, 2.75) is 31.9 Å². The van der Waals surface area contributed by atoms with Gasteiger partial charge in [-0.1, -0.05) is 13.3 Å². The van der Waals surface area contributed by atoms with E-state index in [9.17, 15) is 14.7 Å². The lowest BCUT2D eigenvalue weighted by Gasteiger charge is -2.23. The van der Waals surface area contributed by atoms with Crippen LogP contribution in [-0.2, 0) is 9.59 Å². The van der Waals surface area contributed by atoms with E-state index in [2.05, 4.69) is 16.0 Å². The van der Waals surface area contributed by atoms with E-state index in [-0.39, 0.29) is 24.9 Å². The molecule has 2 unspecified atom stereocenters. The van der Waals surface area contributed by atoms with Crippen molar-refractivity contribution in [3.63, 3.8) is 0 Å². The largest absolute Gasteiger partial charge is 0.391 e. The third-order valence-electron chi connectivity index (χ3n) is 2.46. The molecule has 2 amide bonds. The molecule has 16 heavy (non-hydrogen) atoms. The Morgan fingerprint density at radius 3 is 3.00 bits per heavy atom. The molecule has 1 fully saturated rings. The van der Waals surface area contributed by atoms with Crippen LogP contribution in [0, 0.1) is 0 Å². The fourth-order valence-corrected chi connectivity index (χ4v) is 1.53. The van der Waals surface area contributed by atoms with Gasteiger partial charge in [-0.3, -0.25) is 14.9 Å². The highest BCUT2D eigenvalue weighted by Crippen LogP contribution is 1.95. The highest BCUT2D eigenvalue weighted by Gasteiger charge is 2.23. The Bertz CT molecular complexity index is 248. The van der Waals surface area contributed by atoms with Gasteiger partial charge in [0.2, 0.25) is 11.8 Å². The van der Waals surface area contributed by atoms with Gasteiger partial charge in [0.25, 0.3) is 0 Å². The third-order valence-corrected chi connectivity index (χ3v) is 2.46. The molecular weight excluding hydrogens is 210 g/mol. The van der Waals surface area contributed by atoms with E-state index in [1.165, 1.54) is 0 Å². The van der Waals surface area contributed by atoms with Gasteiger partial charge in [0.1, 0.15) is 6.04 Å². The lowest BCUT2D eigenvalue weighted by atomic mass is 10.2. The molecule has 6 nitrogen and oxygen atoms in total. The summed E-state index contributed by atoms with van der Waals surface area (Å²) in [5.41, 5.74) is 0. The van der Waals surface area contributed by atoms with Gasteiger partial charge >= 0.3 is 0 Å². The molecule has 1 heterocycles. The van der Waals surface area contributed by atoms with Crippen LogP contribution in [0.3, 0.4) is 0 Å². The van der Waals surface area contributed by atoms with Crippen molar-refractivity contribution < 1.29 is 14.7 Å². The number of carbonyl (C=O) groups is 2. The number of aliphatic hydroxyl groups excluding tert-OH is 1. The molecule has 1 saturated heterocycles. The van der Waals surface area contributed by atoms with Gasteiger partial charge in [0, 0.05) is 13.1 Å². The van der Waals surface area contributed by atoms with E-state index in [1.807, 2.05) is 6.92 Å². The topological polar surface area (TPSA) is 90.5 Å². The number of carbonyl (C=O) groups excluding carboxylic acids is 2. The molecule has 0 radical (unpaired) electrons. The highest BCUT2D eigenvalue weighted by molar-refractivity contribution is 5.86. The second kappa shape index (κ2) is 6.44. The molecule has 0 aliphatic carbocycles. The number of amides is 2. The molecule has 0 aromatic heterocycles. The van der Waals surface area contributed by atoms with Gasteiger partial charge in [-0.05, 0) is 6.42 Å². The SMILES string of the molecule is CCCC(O)CNC(=O)C1CNC(=O)CN1. The highest BCUT2D eigenvalue weighted by atomic mass is 16.3. The van der Waals surface area contributed by atoms with Gasteiger partial charge in [0.15, 0.2) is 0 Å². The molecule has 0 bridgehead atoms. The van der Waals surface area contributed by atoms with Gasteiger partial charge < -0.3 is 15.7 Å². The first-order valence-electron chi connectivity index (χ1n) is 5.59. The van der Waals surface area contributed by atoms with E-state index >= 15 is 0 Å². The number of nitrogens with one attached hydrogen (secondary N) is 3. The first kappa shape index (κ1) is 12.9. The maximum Gasteiger partial charge on any atom is 0.239 e. The maximum absolute atomic E-state index is 11.6. The van der Waals surface area contributed by atoms with Crippen molar-refractivity contribution in [2.24, 2.45) is 0 Å². The van der Waals surface area contributed by atoms with Crippen LogP contribution in [0.25, 0.3) is 0 Å². The molecule has 1 rings (SSSR count). The molecule has 92 valence electrons. The lowest BCUT2D eigenvalue weighted by Crippen LogP contribution is -2.58. The zero-order valence-corrected chi connectivity index (χ0v) is 9.45. The molecule has 2 atom stereocenters. The monoisotopic (exact) mass is 229 g/mol. The molecule has 1 aliphatic heterocycles. The smallest absolute Gasteiger partial charge is 0.239 e. The van der Waals surface area contributed by atoms with Crippen LogP contribution in [0.15, 0.2) is 0 Å². The zero-order chi connectivity index (χ0) is 12.0. The number of aliphatic hydroxyl groups is 1. The van der Waals surface area contributed by atoms with Crippen LogP contribution in [0.2, 0.25) is 0 Å². The van der Waals surface area contributed by atoms with Crippen LogP contribution in [0.5, 0.6) is 0 Å². The summed E-state index contributed by atoms with van der Waals surface area (Å²) < 4.78 is 0. The zero-order valence-electron chi connectivity index (χ0n) is 9.45. The Hall–Kier alpha value is -1.14. The predicted molar refractivity (Wildman–Crippen MR) is 58.7 cm³/mol. The predicted octanol–water partition coefficient (Wildman–Crippen LogP) is -1.65. The van der Waals surface area contributed by atoms with Gasteiger partial charge in [-0.15, -0.1) is 0 Å². The second-order valence-electron chi connectivity index (χ2n) is 3.93. The molecule has 1 aliphatic rings. The lowest BCUT2D eigenvalue weighted by molar-refractivity contribution is -0.126. The van der Waals surface area contributed by atoms with Crippen molar-refractivity contribution in [3.8, 4) is 0 Å². The normalized spacial score (nSPS) is 22.4. The van der Waals surface area contributed by atoms with E-state index < -0.39 is 12.1 Å². The summed E-state index contributed by atoms with van der Waals surface area (Å²) in [4.78, 5) is 22.4. The fourth-order valence-electron chi connectivity index (χ4n) is 1.53. The molecule has 6 heteroatoms. The third kappa shape index (κ3) is 4.16. The minimum absolute atomic E-state index is 0.102. The van der Waals surface area contributed by atoms with Crippen LogP contribution < -0.4 is 16.0 Å². The van der Waals surface area contributed by atoms with Crippen LogP contribution >= 0.6 is 0 Å². The molecule has 4 N–H and O–H groups in total. The average molecular weight is 229 g/mol. The van der Waals surface area contributed by atoms with Gasteiger partial charge in [-0.25, -0.2) is 0 Å². The minimum atomic E-state index is -0.493. The number of rotatable bonds is 5. The van der Waals surface area contributed by atoms with Crippen LogP contribution in [-0.4, -0.2) is 48.7 Å². The summed E-state index contributed by atoms with van der Waals surface area (Å²) in [7, 11) is 0. The number of hydrogen-bond acceptors (Lipinski definition) is 4. The minimum Gasteiger partial charge on any atom is -0.391 e. The Labute approximate surface area is 94.8 Å². The van der Waals surface area contributed by atoms with E-state index in [0.29, 0.717) is 13.0 Å². The van der Waals surface area contributed by atoms with E-state index in [1.54, 1.807) is 0 Å². The van der Waals surface area contributed by atoms with Crippen LogP contribution in [0.4, 0.5) is 0 Å². The van der Waals surface area contributed by atoms with E-state index in [0.717, 1.165) is 6.42 Å². The van der Waals surface area contributed by atoms with Gasteiger partial charge in [0.05, 0.1) is 12.6 Å². The first-order chi connectivity index (χ1) is 7.63. The summed E-state index contributed by atoms with van der Waals surface area (Å²) in [6, 6.07) is -0.397.